The molecule has 0 heterocycles. The van der Waals surface area contributed by atoms with Gasteiger partial charge in [-0.3, -0.25) is 14.9 Å². The summed E-state index contributed by atoms with van der Waals surface area (Å²) in [5.41, 5.74) is 2.10. The molecule has 4 rings (SSSR count). The second-order valence-electron chi connectivity index (χ2n) is 7.61. The fourth-order valence-corrected chi connectivity index (χ4v) is 3.39. The number of carboxylic acid groups (broad SMARTS) is 1. The number of carboxylic acids is 1. The van der Waals surface area contributed by atoms with Crippen LogP contribution in [0.2, 0.25) is 0 Å². The Morgan fingerprint density at radius 1 is 0.750 bits per heavy atom. The largest absolute Gasteiger partial charge is 0.478 e. The van der Waals surface area contributed by atoms with E-state index in [2.05, 4.69) is 22.5 Å². The van der Waals surface area contributed by atoms with Crippen LogP contribution in [0.4, 0.5) is 22.7 Å². The van der Waals surface area contributed by atoms with Crippen molar-refractivity contribution < 1.29 is 19.6 Å². The van der Waals surface area contributed by atoms with Crippen LogP contribution in [0.25, 0.3) is 0 Å². The van der Waals surface area contributed by atoms with Gasteiger partial charge in [0.15, 0.2) is 0 Å². The van der Waals surface area contributed by atoms with Crippen LogP contribution in [0.1, 0.15) is 31.8 Å². The lowest BCUT2D eigenvalue weighted by Crippen LogP contribution is -2.16. The van der Waals surface area contributed by atoms with Gasteiger partial charge in [0.2, 0.25) is 0 Å². The summed E-state index contributed by atoms with van der Waals surface area (Å²) >= 11 is 0. The summed E-state index contributed by atoms with van der Waals surface area (Å²) in [6.45, 7) is 0. The summed E-state index contributed by atoms with van der Waals surface area (Å²) in [7, 11) is 0. The normalized spacial score (nSPS) is 10.0. The summed E-state index contributed by atoms with van der Waals surface area (Å²) < 4.78 is 0. The molecule has 0 aliphatic carbocycles. The number of nitrogens with one attached hydrogen (secondary N) is 2. The van der Waals surface area contributed by atoms with Gasteiger partial charge in [-0.05, 0) is 48.5 Å². The molecule has 0 saturated heterocycles. The van der Waals surface area contributed by atoms with Crippen molar-refractivity contribution in [2.45, 2.75) is 0 Å². The summed E-state index contributed by atoms with van der Waals surface area (Å²) in [6.07, 6.45) is 0. The maximum Gasteiger partial charge on any atom is 0.338 e. The number of anilines is 3. The Labute approximate surface area is 206 Å². The molecule has 0 spiro atoms. The summed E-state index contributed by atoms with van der Waals surface area (Å²) in [4.78, 5) is 35.2. The van der Waals surface area contributed by atoms with Crippen molar-refractivity contribution in [3.05, 3.63) is 129 Å². The molecule has 0 radical (unpaired) electrons. The van der Waals surface area contributed by atoms with E-state index in [-0.39, 0.29) is 16.8 Å². The molecule has 0 bridgehead atoms. The highest BCUT2D eigenvalue weighted by Gasteiger charge is 2.20. The molecular weight excluding hydrogens is 458 g/mol. The Bertz CT molecular complexity index is 1510. The molecule has 36 heavy (non-hydrogen) atoms. The zero-order valence-electron chi connectivity index (χ0n) is 18.8. The maximum absolute atomic E-state index is 13.2. The second kappa shape index (κ2) is 10.7. The van der Waals surface area contributed by atoms with E-state index in [1.54, 1.807) is 18.2 Å². The van der Waals surface area contributed by atoms with Crippen LogP contribution in [-0.4, -0.2) is 21.9 Å². The van der Waals surface area contributed by atoms with Crippen molar-refractivity contribution in [1.82, 2.24) is 0 Å². The standard InChI is InChI=1S/C28H19N3O5/c32-27(30-25-16-14-22(31(35)36)18-24(25)28(33)34)23-15-13-20(12-11-19-7-3-1-4-8-19)17-26(23)29-21-9-5-2-6-10-21/h1-10,13-18,29H,(H,30,32)(H,33,34). The van der Waals surface area contributed by atoms with Crippen molar-refractivity contribution in [2.24, 2.45) is 0 Å². The highest BCUT2D eigenvalue weighted by Crippen LogP contribution is 2.26. The maximum atomic E-state index is 13.2. The Kier molecular flexibility index (Phi) is 7.03. The topological polar surface area (TPSA) is 122 Å². The molecule has 1 amide bonds. The average molecular weight is 477 g/mol. The van der Waals surface area contributed by atoms with Crippen LogP contribution in [0, 0.1) is 22.0 Å². The van der Waals surface area contributed by atoms with E-state index in [1.165, 1.54) is 6.07 Å². The van der Waals surface area contributed by atoms with Gasteiger partial charge in [0.1, 0.15) is 0 Å². The lowest BCUT2D eigenvalue weighted by atomic mass is 10.1. The molecule has 0 unspecified atom stereocenters. The van der Waals surface area contributed by atoms with Crippen LogP contribution in [0.3, 0.4) is 0 Å². The molecule has 0 aliphatic heterocycles. The first kappa shape index (κ1) is 23.7. The van der Waals surface area contributed by atoms with E-state index in [0.717, 1.165) is 23.4 Å². The number of aromatic carboxylic acids is 1. The minimum Gasteiger partial charge on any atom is -0.478 e. The first-order valence-corrected chi connectivity index (χ1v) is 10.8. The third-order valence-electron chi connectivity index (χ3n) is 5.13. The lowest BCUT2D eigenvalue weighted by Gasteiger charge is -2.14. The predicted molar refractivity (Wildman–Crippen MR) is 137 cm³/mol. The summed E-state index contributed by atoms with van der Waals surface area (Å²) in [6, 6.07) is 26.9. The van der Waals surface area contributed by atoms with Gasteiger partial charge < -0.3 is 15.7 Å². The third-order valence-corrected chi connectivity index (χ3v) is 5.13. The van der Waals surface area contributed by atoms with Gasteiger partial charge in [0, 0.05) is 28.9 Å². The number of carbonyl (C=O) groups is 2. The van der Waals surface area contributed by atoms with Crippen molar-refractivity contribution in [1.29, 1.82) is 0 Å². The molecule has 176 valence electrons. The van der Waals surface area contributed by atoms with Gasteiger partial charge in [-0.1, -0.05) is 48.2 Å². The van der Waals surface area contributed by atoms with Gasteiger partial charge in [-0.15, -0.1) is 0 Å². The number of carbonyl (C=O) groups excluding carboxylic acids is 1. The number of nitro groups is 1. The molecule has 3 N–H and O–H groups in total. The smallest absolute Gasteiger partial charge is 0.338 e. The molecule has 0 fully saturated rings. The number of nitrogens with zero attached hydrogens (tertiary/aromatic N) is 1. The summed E-state index contributed by atoms with van der Waals surface area (Å²) in [5, 5.41) is 26.3. The minimum atomic E-state index is -1.40. The SMILES string of the molecule is O=C(O)c1cc([N+](=O)[O-])ccc1NC(=O)c1ccc(C#Cc2ccccc2)cc1Nc1ccccc1. The van der Waals surface area contributed by atoms with Gasteiger partial charge >= 0.3 is 5.97 Å². The van der Waals surface area contributed by atoms with Crippen molar-refractivity contribution >= 4 is 34.6 Å². The Morgan fingerprint density at radius 2 is 1.42 bits per heavy atom. The van der Waals surface area contributed by atoms with Crippen molar-refractivity contribution in [2.75, 3.05) is 10.6 Å². The second-order valence-corrected chi connectivity index (χ2v) is 7.61. The fraction of sp³-hybridized carbons (Fsp3) is 0. The first-order chi connectivity index (χ1) is 17.4. The molecule has 8 heteroatoms. The van der Waals surface area contributed by atoms with E-state index >= 15 is 0 Å². The van der Waals surface area contributed by atoms with Crippen LogP contribution in [-0.2, 0) is 0 Å². The monoisotopic (exact) mass is 477 g/mol. The predicted octanol–water partition coefficient (Wildman–Crippen LogP) is 5.69. The van der Waals surface area contributed by atoms with Gasteiger partial charge in [0.05, 0.1) is 27.4 Å². The van der Waals surface area contributed by atoms with Gasteiger partial charge in [0.25, 0.3) is 11.6 Å². The van der Waals surface area contributed by atoms with Crippen LogP contribution in [0.15, 0.2) is 97.1 Å². The van der Waals surface area contributed by atoms with E-state index in [0.29, 0.717) is 11.3 Å². The molecule has 8 nitrogen and oxygen atoms in total. The molecule has 0 aromatic heterocycles. The molecular formula is C28H19N3O5. The van der Waals surface area contributed by atoms with Crippen LogP contribution in [0.5, 0.6) is 0 Å². The molecule has 0 aliphatic rings. The number of rotatable bonds is 6. The average Bonchev–Trinajstić information content (AvgIpc) is 2.88. The molecule has 4 aromatic rings. The van der Waals surface area contributed by atoms with Crippen LogP contribution >= 0.6 is 0 Å². The third kappa shape index (κ3) is 5.73. The molecule has 0 saturated carbocycles. The number of hydrogen-bond donors (Lipinski definition) is 3. The van der Waals surface area contributed by atoms with E-state index < -0.39 is 22.5 Å². The lowest BCUT2D eigenvalue weighted by molar-refractivity contribution is -0.384. The van der Waals surface area contributed by atoms with Gasteiger partial charge in [-0.2, -0.15) is 0 Å². The van der Waals surface area contributed by atoms with E-state index in [4.69, 9.17) is 0 Å². The van der Waals surface area contributed by atoms with Crippen LogP contribution < -0.4 is 10.6 Å². The first-order valence-electron chi connectivity index (χ1n) is 10.8. The molecule has 0 atom stereocenters. The Morgan fingerprint density at radius 3 is 2.08 bits per heavy atom. The number of hydrogen-bond acceptors (Lipinski definition) is 5. The van der Waals surface area contributed by atoms with Crippen molar-refractivity contribution in [3.8, 4) is 11.8 Å². The van der Waals surface area contributed by atoms with Crippen molar-refractivity contribution in [3.63, 3.8) is 0 Å². The summed E-state index contributed by atoms with van der Waals surface area (Å²) in [5.74, 6) is 4.17. The Hall–Kier alpha value is -5.42. The number of para-hydroxylation sites is 1. The van der Waals surface area contributed by atoms with Gasteiger partial charge in [-0.25, -0.2) is 4.79 Å². The number of benzene rings is 4. The zero-order chi connectivity index (χ0) is 25.5. The quantitative estimate of drug-likeness (QED) is 0.186. The highest BCUT2D eigenvalue weighted by atomic mass is 16.6. The Balaban J connectivity index is 1.69. The fourth-order valence-electron chi connectivity index (χ4n) is 3.39. The number of non-ortho nitro benzene ring substituents is 1. The molecule has 4 aromatic carbocycles. The van der Waals surface area contributed by atoms with E-state index in [1.807, 2.05) is 60.7 Å². The number of nitro benzene ring substituents is 1. The zero-order valence-corrected chi connectivity index (χ0v) is 18.8. The van der Waals surface area contributed by atoms with E-state index in [9.17, 15) is 24.8 Å². The highest BCUT2D eigenvalue weighted by molar-refractivity contribution is 6.11. The minimum absolute atomic E-state index is 0.0586. The number of amides is 1.